The highest BCUT2D eigenvalue weighted by Crippen LogP contribution is 2.31. The van der Waals surface area contributed by atoms with Gasteiger partial charge in [-0.2, -0.15) is 13.2 Å². The van der Waals surface area contributed by atoms with Crippen LogP contribution in [0.3, 0.4) is 0 Å². The molecule has 2 aromatic carbocycles. The van der Waals surface area contributed by atoms with Crippen molar-refractivity contribution in [3.05, 3.63) is 69.8 Å². The lowest BCUT2D eigenvalue weighted by atomic mass is 10.1. The van der Waals surface area contributed by atoms with Crippen molar-refractivity contribution >= 4 is 28.4 Å². The molecule has 0 saturated carbocycles. The van der Waals surface area contributed by atoms with E-state index in [-0.39, 0.29) is 16.7 Å². The molecule has 5 nitrogen and oxygen atoms in total. The van der Waals surface area contributed by atoms with Gasteiger partial charge in [0.2, 0.25) is 5.78 Å². The lowest BCUT2D eigenvalue weighted by Crippen LogP contribution is -2.23. The van der Waals surface area contributed by atoms with Crippen molar-refractivity contribution in [2.24, 2.45) is 0 Å². The Kier molecular flexibility index (Phi) is 5.27. The van der Waals surface area contributed by atoms with E-state index < -0.39 is 17.6 Å². The van der Waals surface area contributed by atoms with Gasteiger partial charge in [-0.1, -0.05) is 36.9 Å². The zero-order valence-electron chi connectivity index (χ0n) is 15.8. The maximum absolute atomic E-state index is 13.8. The first kappa shape index (κ1) is 20.4. The minimum absolute atomic E-state index is 0.191. The van der Waals surface area contributed by atoms with Crippen molar-refractivity contribution in [1.29, 1.82) is 0 Å². The van der Waals surface area contributed by atoms with Crippen LogP contribution in [0.5, 0.6) is 0 Å². The van der Waals surface area contributed by atoms with Gasteiger partial charge in [0, 0.05) is 12.3 Å². The van der Waals surface area contributed by atoms with E-state index in [0.29, 0.717) is 35.0 Å². The number of halogens is 4. The second-order valence-corrected chi connectivity index (χ2v) is 7.67. The molecule has 156 valence electrons. The van der Waals surface area contributed by atoms with Gasteiger partial charge in [-0.25, -0.2) is 4.39 Å². The second kappa shape index (κ2) is 7.75. The predicted molar refractivity (Wildman–Crippen MR) is 106 cm³/mol. The normalized spacial score (nSPS) is 12.2. The first-order valence-electron chi connectivity index (χ1n) is 9.15. The molecule has 0 saturated heterocycles. The SMILES string of the molecule is CCCn1c(=O)c2cc(F)ccc2n2c(SCc3cccc(C(F)(F)F)c3)nnc12. The molecule has 30 heavy (non-hydrogen) atoms. The molecule has 0 spiro atoms. The van der Waals surface area contributed by atoms with E-state index in [0.717, 1.165) is 12.1 Å². The number of aromatic nitrogens is 4. The number of fused-ring (bicyclic) bond motifs is 3. The summed E-state index contributed by atoms with van der Waals surface area (Å²) >= 11 is 1.19. The Bertz CT molecular complexity index is 1300. The Morgan fingerprint density at radius 1 is 1.10 bits per heavy atom. The molecule has 2 heterocycles. The Morgan fingerprint density at radius 3 is 2.63 bits per heavy atom. The maximum Gasteiger partial charge on any atom is 0.416 e. The first-order chi connectivity index (χ1) is 14.3. The third kappa shape index (κ3) is 3.67. The van der Waals surface area contributed by atoms with Crippen molar-refractivity contribution < 1.29 is 17.6 Å². The Balaban J connectivity index is 1.79. The minimum atomic E-state index is -4.42. The average Bonchev–Trinajstić information content (AvgIpc) is 3.13. The number of hydrogen-bond donors (Lipinski definition) is 0. The Morgan fingerprint density at radius 2 is 1.90 bits per heavy atom. The van der Waals surface area contributed by atoms with E-state index in [1.165, 1.54) is 40.6 Å². The lowest BCUT2D eigenvalue weighted by Gasteiger charge is -2.11. The topological polar surface area (TPSA) is 52.2 Å². The summed E-state index contributed by atoms with van der Waals surface area (Å²) in [7, 11) is 0. The van der Waals surface area contributed by atoms with Gasteiger partial charge in [-0.15, -0.1) is 10.2 Å². The molecule has 0 fully saturated rings. The summed E-state index contributed by atoms with van der Waals surface area (Å²) in [4.78, 5) is 12.8. The molecule has 0 bridgehead atoms. The number of hydrogen-bond acceptors (Lipinski definition) is 4. The van der Waals surface area contributed by atoms with Crippen LogP contribution in [0.25, 0.3) is 16.7 Å². The van der Waals surface area contributed by atoms with Crippen LogP contribution >= 0.6 is 11.8 Å². The van der Waals surface area contributed by atoms with Crippen molar-refractivity contribution in [2.45, 2.75) is 37.0 Å². The monoisotopic (exact) mass is 436 g/mol. The molecule has 0 unspecified atom stereocenters. The minimum Gasteiger partial charge on any atom is -0.276 e. The molecule has 0 aliphatic heterocycles. The number of alkyl halides is 3. The highest BCUT2D eigenvalue weighted by molar-refractivity contribution is 7.98. The quantitative estimate of drug-likeness (QED) is 0.330. The number of benzene rings is 2. The van der Waals surface area contributed by atoms with Gasteiger partial charge in [0.05, 0.1) is 16.5 Å². The highest BCUT2D eigenvalue weighted by Gasteiger charge is 2.30. The standard InChI is InChI=1S/C20H16F4N4OS/c1-2-8-27-17(29)15-10-14(21)6-7-16(15)28-18(27)25-26-19(28)30-11-12-4-3-5-13(9-12)20(22,23)24/h3-7,9-10H,2,8,11H2,1H3. The van der Waals surface area contributed by atoms with Crippen molar-refractivity contribution in [3.63, 3.8) is 0 Å². The zero-order chi connectivity index (χ0) is 21.5. The molecule has 2 aromatic heterocycles. The van der Waals surface area contributed by atoms with Gasteiger partial charge in [0.25, 0.3) is 5.56 Å². The summed E-state index contributed by atoms with van der Waals surface area (Å²) in [5.41, 5.74) is -0.158. The molecular formula is C20H16F4N4OS. The van der Waals surface area contributed by atoms with E-state index >= 15 is 0 Å². The largest absolute Gasteiger partial charge is 0.416 e. The molecular weight excluding hydrogens is 420 g/mol. The third-order valence-electron chi connectivity index (χ3n) is 4.60. The van der Waals surface area contributed by atoms with Gasteiger partial charge in [-0.3, -0.25) is 13.8 Å². The van der Waals surface area contributed by atoms with Crippen molar-refractivity contribution in [1.82, 2.24) is 19.2 Å². The zero-order valence-corrected chi connectivity index (χ0v) is 16.6. The number of nitrogens with zero attached hydrogens (tertiary/aromatic N) is 4. The number of aryl methyl sites for hydroxylation is 1. The first-order valence-corrected chi connectivity index (χ1v) is 10.1. The van der Waals surface area contributed by atoms with Crippen LogP contribution in [-0.2, 0) is 18.5 Å². The molecule has 10 heteroatoms. The molecule has 0 aliphatic rings. The fraction of sp³-hybridized carbons (Fsp3) is 0.250. The molecule has 0 amide bonds. The van der Waals surface area contributed by atoms with Crippen LogP contribution in [-0.4, -0.2) is 19.2 Å². The van der Waals surface area contributed by atoms with E-state index in [1.807, 2.05) is 6.92 Å². The average molecular weight is 436 g/mol. The van der Waals surface area contributed by atoms with Crippen molar-refractivity contribution in [2.75, 3.05) is 0 Å². The Labute approximate surface area is 172 Å². The second-order valence-electron chi connectivity index (χ2n) is 6.72. The van der Waals surface area contributed by atoms with Crippen molar-refractivity contribution in [3.8, 4) is 0 Å². The fourth-order valence-electron chi connectivity index (χ4n) is 3.26. The summed E-state index contributed by atoms with van der Waals surface area (Å²) in [5, 5.41) is 8.86. The van der Waals surface area contributed by atoms with Gasteiger partial charge >= 0.3 is 6.18 Å². The summed E-state index contributed by atoms with van der Waals surface area (Å²) in [6.45, 7) is 2.28. The predicted octanol–water partition coefficient (Wildman–Crippen LogP) is 4.90. The fourth-order valence-corrected chi connectivity index (χ4v) is 4.15. The van der Waals surface area contributed by atoms with E-state index in [1.54, 1.807) is 10.5 Å². The number of thioether (sulfide) groups is 1. The summed E-state index contributed by atoms with van der Waals surface area (Å²) in [6.07, 6.45) is -3.76. The highest BCUT2D eigenvalue weighted by atomic mass is 32.2. The van der Waals surface area contributed by atoms with Crippen LogP contribution in [0.15, 0.2) is 52.4 Å². The maximum atomic E-state index is 13.8. The molecule has 0 radical (unpaired) electrons. The van der Waals surface area contributed by atoms with Crippen LogP contribution in [0.2, 0.25) is 0 Å². The van der Waals surface area contributed by atoms with Gasteiger partial charge in [-0.05, 0) is 36.2 Å². The molecule has 0 N–H and O–H groups in total. The van der Waals surface area contributed by atoms with Crippen LogP contribution in [0.4, 0.5) is 17.6 Å². The third-order valence-corrected chi connectivity index (χ3v) is 5.60. The summed E-state index contributed by atoms with van der Waals surface area (Å²) in [5.74, 6) is 0.000990. The summed E-state index contributed by atoms with van der Waals surface area (Å²) in [6, 6.07) is 8.97. The summed E-state index contributed by atoms with van der Waals surface area (Å²) < 4.78 is 55.7. The Hall–Kier alpha value is -2.88. The smallest absolute Gasteiger partial charge is 0.276 e. The van der Waals surface area contributed by atoms with Gasteiger partial charge < -0.3 is 0 Å². The van der Waals surface area contributed by atoms with E-state index in [4.69, 9.17) is 0 Å². The van der Waals surface area contributed by atoms with E-state index in [9.17, 15) is 22.4 Å². The van der Waals surface area contributed by atoms with Gasteiger partial charge in [0.1, 0.15) is 5.82 Å². The van der Waals surface area contributed by atoms with Crippen LogP contribution < -0.4 is 5.56 Å². The van der Waals surface area contributed by atoms with E-state index in [2.05, 4.69) is 10.2 Å². The molecule has 0 aliphatic carbocycles. The molecule has 4 rings (SSSR count). The van der Waals surface area contributed by atoms with Crippen LogP contribution in [0, 0.1) is 5.82 Å². The van der Waals surface area contributed by atoms with Gasteiger partial charge in [0.15, 0.2) is 5.16 Å². The lowest BCUT2D eigenvalue weighted by molar-refractivity contribution is -0.137. The molecule has 4 aromatic rings. The number of rotatable bonds is 5. The van der Waals surface area contributed by atoms with Crippen LogP contribution in [0.1, 0.15) is 24.5 Å². The molecule has 0 atom stereocenters.